The summed E-state index contributed by atoms with van der Waals surface area (Å²) in [6, 6.07) is 26.1. The highest BCUT2D eigenvalue weighted by molar-refractivity contribution is 7.98. The first-order chi connectivity index (χ1) is 12.3. The van der Waals surface area contributed by atoms with E-state index in [4.69, 9.17) is 4.40 Å². The fourth-order valence-corrected chi connectivity index (χ4v) is 4.04. The normalized spacial score (nSPS) is 14.1. The maximum absolute atomic E-state index is 4.73. The van der Waals surface area contributed by atoms with Gasteiger partial charge in [0.2, 0.25) is 0 Å². The van der Waals surface area contributed by atoms with Crippen molar-refractivity contribution in [1.29, 1.82) is 0 Å². The molecule has 0 heterocycles. The molecule has 0 atom stereocenters. The fourth-order valence-electron chi connectivity index (χ4n) is 3.48. The molecule has 0 radical (unpaired) electrons. The van der Waals surface area contributed by atoms with E-state index in [1.807, 2.05) is 0 Å². The van der Waals surface area contributed by atoms with Gasteiger partial charge < -0.3 is 0 Å². The second kappa shape index (κ2) is 7.28. The molecule has 0 bridgehead atoms. The van der Waals surface area contributed by atoms with Crippen molar-refractivity contribution >= 4 is 18.2 Å². The van der Waals surface area contributed by atoms with Crippen molar-refractivity contribution in [2.24, 2.45) is 4.40 Å². The highest BCUT2D eigenvalue weighted by Crippen LogP contribution is 2.33. The monoisotopic (exact) mass is 343 g/mol. The van der Waals surface area contributed by atoms with Crippen molar-refractivity contribution in [2.75, 3.05) is 0 Å². The van der Waals surface area contributed by atoms with E-state index < -0.39 is 0 Å². The largest absolute Gasteiger partial charge is 0.223 e. The summed E-state index contributed by atoms with van der Waals surface area (Å²) in [5.41, 5.74) is 6.94. The van der Waals surface area contributed by atoms with Gasteiger partial charge in [-0.3, -0.25) is 0 Å². The third kappa shape index (κ3) is 3.54. The molecule has 0 spiro atoms. The zero-order chi connectivity index (χ0) is 17.1. The molecule has 0 N–H and O–H groups in total. The average molecular weight is 343 g/mol. The van der Waals surface area contributed by atoms with Crippen LogP contribution in [0.25, 0.3) is 0 Å². The molecule has 4 rings (SSSR count). The van der Waals surface area contributed by atoms with E-state index in [1.54, 1.807) is 11.9 Å². The molecule has 1 aliphatic rings. The van der Waals surface area contributed by atoms with Crippen molar-refractivity contribution in [1.82, 2.24) is 0 Å². The van der Waals surface area contributed by atoms with Gasteiger partial charge in [0.25, 0.3) is 0 Å². The Morgan fingerprint density at radius 2 is 1.36 bits per heavy atom. The molecular formula is C23H21NS. The standard InChI is InChI=1S/C23H21NS/c1-17-10-14-20(15-11-17)25-24-16-23-21-8-4-2-6-18(21)12-13-19-7-3-5-9-22(19)23/h2-11,14-16,23H,12-13H2,1H3. The van der Waals surface area contributed by atoms with E-state index in [-0.39, 0.29) is 5.92 Å². The Balaban J connectivity index is 1.67. The third-order valence-corrected chi connectivity index (χ3v) is 5.54. The van der Waals surface area contributed by atoms with Gasteiger partial charge in [-0.05, 0) is 54.2 Å². The van der Waals surface area contributed by atoms with Crippen molar-refractivity contribution in [3.8, 4) is 0 Å². The van der Waals surface area contributed by atoms with E-state index in [0.717, 1.165) is 12.8 Å². The second-order valence-electron chi connectivity index (χ2n) is 6.53. The van der Waals surface area contributed by atoms with Crippen LogP contribution >= 0.6 is 11.9 Å². The molecule has 0 aromatic heterocycles. The lowest BCUT2D eigenvalue weighted by atomic mass is 9.89. The van der Waals surface area contributed by atoms with Gasteiger partial charge in [-0.15, -0.1) is 0 Å². The van der Waals surface area contributed by atoms with Crippen LogP contribution in [0.5, 0.6) is 0 Å². The summed E-state index contributed by atoms with van der Waals surface area (Å²) in [5.74, 6) is 0.229. The number of hydrogen-bond donors (Lipinski definition) is 0. The van der Waals surface area contributed by atoms with Gasteiger partial charge in [0.15, 0.2) is 0 Å². The van der Waals surface area contributed by atoms with Crippen LogP contribution in [0.2, 0.25) is 0 Å². The van der Waals surface area contributed by atoms with Gasteiger partial charge in [0.05, 0.1) is 0 Å². The number of fused-ring (bicyclic) bond motifs is 2. The molecule has 0 saturated heterocycles. The molecule has 124 valence electrons. The van der Waals surface area contributed by atoms with Crippen LogP contribution in [-0.4, -0.2) is 6.21 Å². The number of aryl methyl sites for hydroxylation is 3. The molecule has 0 saturated carbocycles. The minimum absolute atomic E-state index is 0.229. The fraction of sp³-hybridized carbons (Fsp3) is 0.174. The maximum Gasteiger partial charge on any atom is 0.0455 e. The average Bonchev–Trinajstić information content (AvgIpc) is 2.81. The Morgan fingerprint density at radius 1 is 0.800 bits per heavy atom. The highest BCUT2D eigenvalue weighted by Gasteiger charge is 2.21. The number of benzene rings is 3. The first-order valence-corrected chi connectivity index (χ1v) is 9.51. The van der Waals surface area contributed by atoms with Crippen LogP contribution in [0.3, 0.4) is 0 Å². The smallest absolute Gasteiger partial charge is 0.0455 e. The van der Waals surface area contributed by atoms with Crippen molar-refractivity contribution in [3.63, 3.8) is 0 Å². The topological polar surface area (TPSA) is 12.4 Å². The summed E-state index contributed by atoms with van der Waals surface area (Å²) in [4.78, 5) is 1.18. The first-order valence-electron chi connectivity index (χ1n) is 8.74. The molecule has 1 aliphatic carbocycles. The SMILES string of the molecule is Cc1ccc(SN=CC2c3ccccc3CCc3ccccc32)cc1. The quantitative estimate of drug-likeness (QED) is 0.419. The van der Waals surface area contributed by atoms with E-state index in [9.17, 15) is 0 Å². The first kappa shape index (κ1) is 16.2. The molecule has 0 fully saturated rings. The number of rotatable bonds is 3. The molecule has 3 aromatic rings. The van der Waals surface area contributed by atoms with Crippen LogP contribution in [0.1, 0.15) is 33.7 Å². The summed E-state index contributed by atoms with van der Waals surface area (Å²) in [6.45, 7) is 2.11. The van der Waals surface area contributed by atoms with Gasteiger partial charge in [0.1, 0.15) is 0 Å². The van der Waals surface area contributed by atoms with E-state index in [2.05, 4.69) is 85.9 Å². The van der Waals surface area contributed by atoms with Crippen molar-refractivity contribution in [2.45, 2.75) is 30.6 Å². The van der Waals surface area contributed by atoms with Gasteiger partial charge in [-0.2, -0.15) is 0 Å². The molecule has 0 amide bonds. The lowest BCUT2D eigenvalue weighted by Gasteiger charge is -2.15. The highest BCUT2D eigenvalue weighted by atomic mass is 32.2. The van der Waals surface area contributed by atoms with E-state index >= 15 is 0 Å². The molecular weight excluding hydrogens is 322 g/mol. The Kier molecular flexibility index (Phi) is 4.71. The van der Waals surface area contributed by atoms with Crippen LogP contribution in [0.15, 0.2) is 82.1 Å². The molecule has 25 heavy (non-hydrogen) atoms. The third-order valence-electron chi connectivity index (χ3n) is 4.83. The van der Waals surface area contributed by atoms with Crippen molar-refractivity contribution in [3.05, 3.63) is 101 Å². The van der Waals surface area contributed by atoms with Crippen LogP contribution in [0.4, 0.5) is 0 Å². The van der Waals surface area contributed by atoms with Gasteiger partial charge in [0, 0.05) is 29.0 Å². The van der Waals surface area contributed by atoms with Crippen LogP contribution < -0.4 is 0 Å². The zero-order valence-corrected chi connectivity index (χ0v) is 15.2. The predicted molar refractivity (Wildman–Crippen MR) is 108 cm³/mol. The Hall–Kier alpha value is -2.32. The summed E-state index contributed by atoms with van der Waals surface area (Å²) >= 11 is 1.55. The number of nitrogens with zero attached hydrogens (tertiary/aromatic N) is 1. The lowest BCUT2D eigenvalue weighted by Crippen LogP contribution is -2.04. The Morgan fingerprint density at radius 3 is 1.96 bits per heavy atom. The Bertz CT molecular complexity index is 848. The summed E-state index contributed by atoms with van der Waals surface area (Å²) in [7, 11) is 0. The minimum Gasteiger partial charge on any atom is -0.223 e. The minimum atomic E-state index is 0.229. The van der Waals surface area contributed by atoms with Crippen molar-refractivity contribution < 1.29 is 0 Å². The van der Waals surface area contributed by atoms with Gasteiger partial charge in [-0.25, -0.2) is 4.40 Å². The molecule has 1 nitrogen and oxygen atoms in total. The lowest BCUT2D eigenvalue weighted by molar-refractivity contribution is 0.965. The molecule has 2 heteroatoms. The summed E-state index contributed by atoms with van der Waals surface area (Å²) in [6.07, 6.45) is 4.32. The summed E-state index contributed by atoms with van der Waals surface area (Å²) in [5, 5.41) is 0. The van der Waals surface area contributed by atoms with E-state index in [0.29, 0.717) is 0 Å². The maximum atomic E-state index is 4.73. The van der Waals surface area contributed by atoms with E-state index in [1.165, 1.54) is 32.7 Å². The molecule has 0 unspecified atom stereocenters. The van der Waals surface area contributed by atoms with Crippen LogP contribution in [-0.2, 0) is 12.8 Å². The van der Waals surface area contributed by atoms with Gasteiger partial charge in [-0.1, -0.05) is 66.2 Å². The van der Waals surface area contributed by atoms with Crippen LogP contribution in [0, 0.1) is 6.92 Å². The number of hydrogen-bond acceptors (Lipinski definition) is 2. The molecule has 0 aliphatic heterocycles. The second-order valence-corrected chi connectivity index (χ2v) is 7.40. The predicted octanol–water partition coefficient (Wildman–Crippen LogP) is 6.00. The summed E-state index contributed by atoms with van der Waals surface area (Å²) < 4.78 is 4.73. The zero-order valence-electron chi connectivity index (χ0n) is 14.4. The van der Waals surface area contributed by atoms with Gasteiger partial charge >= 0.3 is 0 Å². The molecule has 3 aromatic carbocycles. The Labute approximate surface area is 154 Å².